The van der Waals surface area contributed by atoms with Crippen molar-refractivity contribution in [2.24, 2.45) is 5.41 Å². The topological polar surface area (TPSA) is 55.3 Å². The van der Waals surface area contributed by atoms with E-state index in [9.17, 15) is 4.79 Å². The number of hydrogen-bond acceptors (Lipinski definition) is 4. The van der Waals surface area contributed by atoms with Gasteiger partial charge in [-0.3, -0.25) is 4.79 Å². The maximum atomic E-state index is 13.2. The molecule has 0 saturated carbocycles. The van der Waals surface area contributed by atoms with E-state index in [2.05, 4.69) is 16.9 Å². The van der Waals surface area contributed by atoms with Crippen molar-refractivity contribution in [3.05, 3.63) is 87.8 Å². The van der Waals surface area contributed by atoms with Gasteiger partial charge in [-0.1, -0.05) is 48.3 Å². The molecule has 1 fully saturated rings. The second-order valence-electron chi connectivity index (χ2n) is 8.27. The SMILES string of the molecule is Cc1ccc(OC[C@@]2(C)CN(C(=O)c3ccnc(Cl)c3)C[C@@H]2c2ccc(Cl)cc2)nc1. The molecule has 3 aromatic rings. The van der Waals surface area contributed by atoms with E-state index in [4.69, 9.17) is 27.9 Å². The molecule has 1 aliphatic rings. The molecule has 0 unspecified atom stereocenters. The summed E-state index contributed by atoms with van der Waals surface area (Å²) >= 11 is 12.1. The monoisotopic (exact) mass is 455 g/mol. The van der Waals surface area contributed by atoms with E-state index in [1.807, 2.05) is 48.2 Å². The van der Waals surface area contributed by atoms with Gasteiger partial charge in [-0.05, 0) is 42.3 Å². The second kappa shape index (κ2) is 8.85. The zero-order valence-electron chi connectivity index (χ0n) is 17.4. The van der Waals surface area contributed by atoms with Crippen molar-refractivity contribution in [1.29, 1.82) is 0 Å². The molecule has 0 radical (unpaired) electrons. The molecule has 0 N–H and O–H groups in total. The summed E-state index contributed by atoms with van der Waals surface area (Å²) in [6.45, 7) is 5.68. The van der Waals surface area contributed by atoms with Gasteiger partial charge in [0.05, 0.1) is 6.61 Å². The number of carbonyl (C=O) groups excluding carboxylic acids is 1. The molecule has 4 rings (SSSR count). The van der Waals surface area contributed by atoms with Crippen LogP contribution in [0, 0.1) is 12.3 Å². The predicted molar refractivity (Wildman–Crippen MR) is 122 cm³/mol. The molecule has 1 saturated heterocycles. The van der Waals surface area contributed by atoms with E-state index < -0.39 is 0 Å². The minimum Gasteiger partial charge on any atom is -0.477 e. The highest BCUT2D eigenvalue weighted by Crippen LogP contribution is 2.43. The number of hydrogen-bond donors (Lipinski definition) is 0. The Balaban J connectivity index is 1.60. The zero-order chi connectivity index (χ0) is 22.0. The Bertz CT molecular complexity index is 1070. The van der Waals surface area contributed by atoms with E-state index in [-0.39, 0.29) is 17.2 Å². The lowest BCUT2D eigenvalue weighted by Crippen LogP contribution is -2.35. The minimum absolute atomic E-state index is 0.0690. The smallest absolute Gasteiger partial charge is 0.254 e. The number of carbonyl (C=O) groups is 1. The Kier molecular flexibility index (Phi) is 6.17. The normalized spacial score (nSPS) is 20.6. The third kappa shape index (κ3) is 4.83. The van der Waals surface area contributed by atoms with Gasteiger partial charge in [-0.15, -0.1) is 0 Å². The fourth-order valence-corrected chi connectivity index (χ4v) is 4.35. The lowest BCUT2D eigenvalue weighted by atomic mass is 9.77. The maximum Gasteiger partial charge on any atom is 0.254 e. The van der Waals surface area contributed by atoms with Crippen molar-refractivity contribution in [3.63, 3.8) is 0 Å². The highest BCUT2D eigenvalue weighted by atomic mass is 35.5. The van der Waals surface area contributed by atoms with Gasteiger partial charge < -0.3 is 9.64 Å². The van der Waals surface area contributed by atoms with Gasteiger partial charge >= 0.3 is 0 Å². The molecule has 2 atom stereocenters. The fraction of sp³-hybridized carbons (Fsp3) is 0.292. The van der Waals surface area contributed by atoms with Crippen molar-refractivity contribution < 1.29 is 9.53 Å². The Morgan fingerprint density at radius 1 is 1.16 bits per heavy atom. The largest absolute Gasteiger partial charge is 0.477 e. The Morgan fingerprint density at radius 3 is 2.61 bits per heavy atom. The van der Waals surface area contributed by atoms with Crippen LogP contribution in [0.5, 0.6) is 5.88 Å². The molecule has 0 aliphatic carbocycles. The average molecular weight is 456 g/mol. The molecule has 31 heavy (non-hydrogen) atoms. The first-order valence-corrected chi connectivity index (χ1v) is 10.8. The third-order valence-corrected chi connectivity index (χ3v) is 6.22. The van der Waals surface area contributed by atoms with Crippen molar-refractivity contribution in [3.8, 4) is 5.88 Å². The molecule has 7 heteroatoms. The molecule has 0 spiro atoms. The number of nitrogens with zero attached hydrogens (tertiary/aromatic N) is 3. The summed E-state index contributed by atoms with van der Waals surface area (Å²) in [6.07, 6.45) is 3.33. The first-order chi connectivity index (χ1) is 14.8. The van der Waals surface area contributed by atoms with Crippen LogP contribution >= 0.6 is 23.2 Å². The Labute approximate surface area is 192 Å². The minimum atomic E-state index is -0.313. The molecule has 3 heterocycles. The number of halogens is 2. The summed E-state index contributed by atoms with van der Waals surface area (Å²) in [5.74, 6) is 0.587. The predicted octanol–water partition coefficient (Wildman–Crippen LogP) is 5.42. The van der Waals surface area contributed by atoms with Crippen LogP contribution < -0.4 is 4.74 Å². The van der Waals surface area contributed by atoms with Crippen LogP contribution in [-0.2, 0) is 0 Å². The van der Waals surface area contributed by atoms with Crippen molar-refractivity contribution in [2.45, 2.75) is 19.8 Å². The molecule has 2 aromatic heterocycles. The van der Waals surface area contributed by atoms with Gasteiger partial charge in [-0.2, -0.15) is 0 Å². The van der Waals surface area contributed by atoms with Gasteiger partial charge in [0, 0.05) is 53.5 Å². The average Bonchev–Trinajstić information content (AvgIpc) is 3.11. The van der Waals surface area contributed by atoms with E-state index in [1.165, 1.54) is 0 Å². The van der Waals surface area contributed by atoms with Gasteiger partial charge in [0.25, 0.3) is 5.91 Å². The quantitative estimate of drug-likeness (QED) is 0.482. The Hall–Kier alpha value is -2.63. The number of amides is 1. The van der Waals surface area contributed by atoms with E-state index >= 15 is 0 Å². The van der Waals surface area contributed by atoms with Crippen LogP contribution in [0.3, 0.4) is 0 Å². The van der Waals surface area contributed by atoms with Crippen LogP contribution in [0.25, 0.3) is 0 Å². The highest BCUT2D eigenvalue weighted by molar-refractivity contribution is 6.30. The van der Waals surface area contributed by atoms with Crippen LogP contribution in [0.2, 0.25) is 10.2 Å². The first-order valence-electron chi connectivity index (χ1n) is 10.1. The summed E-state index contributed by atoms with van der Waals surface area (Å²) in [5, 5.41) is 0.985. The van der Waals surface area contributed by atoms with E-state index in [0.29, 0.717) is 41.3 Å². The van der Waals surface area contributed by atoms with E-state index in [0.717, 1.165) is 11.1 Å². The summed E-state index contributed by atoms with van der Waals surface area (Å²) in [7, 11) is 0. The van der Waals surface area contributed by atoms with Crippen molar-refractivity contribution in [1.82, 2.24) is 14.9 Å². The van der Waals surface area contributed by atoms with Gasteiger partial charge in [0.2, 0.25) is 5.88 Å². The number of aromatic nitrogens is 2. The van der Waals surface area contributed by atoms with Crippen LogP contribution in [0.1, 0.15) is 34.3 Å². The lowest BCUT2D eigenvalue weighted by molar-refractivity contribution is 0.0758. The van der Waals surface area contributed by atoms with Gasteiger partial charge in [0.1, 0.15) is 5.15 Å². The molecule has 1 amide bonds. The van der Waals surface area contributed by atoms with Crippen molar-refractivity contribution >= 4 is 29.1 Å². The summed E-state index contributed by atoms with van der Waals surface area (Å²) in [4.78, 5) is 23.4. The van der Waals surface area contributed by atoms with Gasteiger partial charge in [-0.25, -0.2) is 9.97 Å². The number of benzene rings is 1. The molecule has 160 valence electrons. The van der Waals surface area contributed by atoms with Crippen LogP contribution in [0.15, 0.2) is 60.9 Å². The number of rotatable bonds is 5. The highest BCUT2D eigenvalue weighted by Gasteiger charge is 2.46. The summed E-state index contributed by atoms with van der Waals surface area (Å²) < 4.78 is 6.07. The van der Waals surface area contributed by atoms with E-state index in [1.54, 1.807) is 24.5 Å². The third-order valence-electron chi connectivity index (χ3n) is 5.76. The zero-order valence-corrected chi connectivity index (χ0v) is 18.9. The summed E-state index contributed by atoms with van der Waals surface area (Å²) in [6, 6.07) is 14.9. The molecular formula is C24H23Cl2N3O2. The maximum absolute atomic E-state index is 13.2. The molecule has 0 bridgehead atoms. The fourth-order valence-electron chi connectivity index (χ4n) is 4.05. The van der Waals surface area contributed by atoms with Gasteiger partial charge in [0.15, 0.2) is 0 Å². The molecule has 1 aliphatic heterocycles. The summed E-state index contributed by atoms with van der Waals surface area (Å²) in [5.41, 5.74) is 2.41. The van der Waals surface area contributed by atoms with Crippen LogP contribution in [0.4, 0.5) is 0 Å². The number of pyridine rings is 2. The first kappa shape index (κ1) is 21.6. The second-order valence-corrected chi connectivity index (χ2v) is 9.10. The molecule has 1 aromatic carbocycles. The standard InChI is InChI=1S/C24H23Cl2N3O2/c1-16-3-8-22(28-12-16)31-15-24(2)14-29(23(30)18-9-10-27-21(26)11-18)13-20(24)17-4-6-19(25)7-5-17/h3-12,20H,13-15H2,1-2H3/t20-,24-/m1/s1. The molecule has 5 nitrogen and oxygen atoms in total. The number of aryl methyl sites for hydroxylation is 1. The Morgan fingerprint density at radius 2 is 1.94 bits per heavy atom. The lowest BCUT2D eigenvalue weighted by Gasteiger charge is -2.30. The van der Waals surface area contributed by atoms with Crippen molar-refractivity contribution in [2.75, 3.05) is 19.7 Å². The number of likely N-dealkylation sites (tertiary alicyclic amines) is 1. The molecular weight excluding hydrogens is 433 g/mol. The van der Waals surface area contributed by atoms with Crippen LogP contribution in [-0.4, -0.2) is 40.5 Å². The number of ether oxygens (including phenoxy) is 1.